The molecule has 1 saturated carbocycles. The standard InChI is InChI=1S/C12H25N3/c1-10-3-4-11(7-10)14-12(8-13)5-6-15(2)9-12/h10-11,14H,3-9,13H2,1-2H3. The van der Waals surface area contributed by atoms with Crippen molar-refractivity contribution in [1.29, 1.82) is 0 Å². The SMILES string of the molecule is CC1CCC(NC2(CN)CCN(C)C2)C1. The Morgan fingerprint density at radius 1 is 1.47 bits per heavy atom. The fourth-order valence-electron chi connectivity index (χ4n) is 3.19. The summed E-state index contributed by atoms with van der Waals surface area (Å²) in [5.41, 5.74) is 6.17. The van der Waals surface area contributed by atoms with Gasteiger partial charge in [-0.15, -0.1) is 0 Å². The molecule has 3 unspecified atom stereocenters. The molecule has 0 aromatic rings. The predicted octanol–water partition coefficient (Wildman–Crippen LogP) is 0.798. The summed E-state index contributed by atoms with van der Waals surface area (Å²) in [6.07, 6.45) is 5.27. The molecule has 0 aromatic carbocycles. The van der Waals surface area contributed by atoms with Gasteiger partial charge in [0.1, 0.15) is 0 Å². The van der Waals surface area contributed by atoms with Gasteiger partial charge >= 0.3 is 0 Å². The van der Waals surface area contributed by atoms with Crippen LogP contribution in [0, 0.1) is 5.92 Å². The molecular weight excluding hydrogens is 186 g/mol. The maximum atomic E-state index is 5.95. The molecule has 2 rings (SSSR count). The summed E-state index contributed by atoms with van der Waals surface area (Å²) in [7, 11) is 2.19. The topological polar surface area (TPSA) is 41.3 Å². The monoisotopic (exact) mass is 211 g/mol. The molecule has 1 aliphatic heterocycles. The molecule has 1 heterocycles. The van der Waals surface area contributed by atoms with Crippen molar-refractivity contribution >= 4 is 0 Å². The summed E-state index contributed by atoms with van der Waals surface area (Å²) < 4.78 is 0. The second-order valence-electron chi connectivity index (χ2n) is 5.73. The lowest BCUT2D eigenvalue weighted by Crippen LogP contribution is -2.56. The number of nitrogens with one attached hydrogen (secondary N) is 1. The average Bonchev–Trinajstić information content (AvgIpc) is 2.75. The van der Waals surface area contributed by atoms with Crippen LogP contribution in [0.4, 0.5) is 0 Å². The Morgan fingerprint density at radius 3 is 2.73 bits per heavy atom. The Balaban J connectivity index is 1.91. The molecule has 88 valence electrons. The molecule has 0 bridgehead atoms. The number of likely N-dealkylation sites (tertiary alicyclic amines) is 1. The van der Waals surface area contributed by atoms with Gasteiger partial charge in [-0.25, -0.2) is 0 Å². The maximum Gasteiger partial charge on any atom is 0.0446 e. The van der Waals surface area contributed by atoms with E-state index in [-0.39, 0.29) is 5.54 Å². The van der Waals surface area contributed by atoms with Crippen molar-refractivity contribution in [3.8, 4) is 0 Å². The van der Waals surface area contributed by atoms with Crippen LogP contribution in [0.15, 0.2) is 0 Å². The number of rotatable bonds is 3. The lowest BCUT2D eigenvalue weighted by Gasteiger charge is -2.32. The van der Waals surface area contributed by atoms with Gasteiger partial charge < -0.3 is 16.0 Å². The molecule has 3 N–H and O–H groups in total. The molecule has 3 nitrogen and oxygen atoms in total. The van der Waals surface area contributed by atoms with E-state index in [0.717, 1.165) is 25.0 Å². The lowest BCUT2D eigenvalue weighted by atomic mass is 9.96. The van der Waals surface area contributed by atoms with E-state index in [0.29, 0.717) is 0 Å². The smallest absolute Gasteiger partial charge is 0.0446 e. The molecule has 3 heteroatoms. The highest BCUT2D eigenvalue weighted by Crippen LogP contribution is 2.28. The van der Waals surface area contributed by atoms with E-state index in [1.165, 1.54) is 32.2 Å². The van der Waals surface area contributed by atoms with Gasteiger partial charge in [0.15, 0.2) is 0 Å². The highest BCUT2D eigenvalue weighted by molar-refractivity contribution is 5.00. The second kappa shape index (κ2) is 4.40. The van der Waals surface area contributed by atoms with Gasteiger partial charge in [0.2, 0.25) is 0 Å². The van der Waals surface area contributed by atoms with Crippen LogP contribution in [-0.4, -0.2) is 43.2 Å². The molecule has 0 spiro atoms. The Kier molecular flexibility index (Phi) is 3.33. The number of hydrogen-bond donors (Lipinski definition) is 2. The summed E-state index contributed by atoms with van der Waals surface area (Å²) >= 11 is 0. The maximum absolute atomic E-state index is 5.95. The highest BCUT2D eigenvalue weighted by Gasteiger charge is 2.38. The molecule has 2 fully saturated rings. The first-order valence-corrected chi connectivity index (χ1v) is 6.30. The molecule has 15 heavy (non-hydrogen) atoms. The molecule has 3 atom stereocenters. The van der Waals surface area contributed by atoms with Gasteiger partial charge in [0.25, 0.3) is 0 Å². The quantitative estimate of drug-likeness (QED) is 0.725. The van der Waals surface area contributed by atoms with Crippen molar-refractivity contribution in [2.45, 2.75) is 44.2 Å². The van der Waals surface area contributed by atoms with E-state index < -0.39 is 0 Å². The van der Waals surface area contributed by atoms with Crippen LogP contribution < -0.4 is 11.1 Å². The van der Waals surface area contributed by atoms with Crippen molar-refractivity contribution < 1.29 is 0 Å². The van der Waals surface area contributed by atoms with Gasteiger partial charge in [0.05, 0.1) is 0 Å². The van der Waals surface area contributed by atoms with Crippen LogP contribution in [0.2, 0.25) is 0 Å². The fraction of sp³-hybridized carbons (Fsp3) is 1.00. The minimum absolute atomic E-state index is 0.212. The highest BCUT2D eigenvalue weighted by atomic mass is 15.2. The zero-order valence-corrected chi connectivity index (χ0v) is 10.1. The zero-order valence-electron chi connectivity index (χ0n) is 10.1. The minimum Gasteiger partial charge on any atom is -0.329 e. The second-order valence-corrected chi connectivity index (χ2v) is 5.73. The minimum atomic E-state index is 0.212. The third kappa shape index (κ3) is 2.52. The number of likely N-dealkylation sites (N-methyl/N-ethyl adjacent to an activating group) is 1. The third-order valence-corrected chi connectivity index (χ3v) is 4.14. The number of nitrogens with zero attached hydrogens (tertiary/aromatic N) is 1. The molecule has 2 aliphatic rings. The summed E-state index contributed by atoms with van der Waals surface area (Å²) in [4.78, 5) is 2.39. The Labute approximate surface area is 93.4 Å². The van der Waals surface area contributed by atoms with Gasteiger partial charge in [-0.05, 0) is 45.2 Å². The largest absolute Gasteiger partial charge is 0.329 e. The van der Waals surface area contributed by atoms with Crippen LogP contribution in [0.3, 0.4) is 0 Å². The summed E-state index contributed by atoms with van der Waals surface area (Å²) in [6, 6.07) is 0.718. The van der Waals surface area contributed by atoms with E-state index in [1.807, 2.05) is 0 Å². The van der Waals surface area contributed by atoms with Crippen LogP contribution in [0.25, 0.3) is 0 Å². The van der Waals surface area contributed by atoms with Gasteiger partial charge in [0, 0.05) is 24.7 Å². The summed E-state index contributed by atoms with van der Waals surface area (Å²) in [6.45, 7) is 5.45. The normalized spacial score (nSPS) is 42.6. The van der Waals surface area contributed by atoms with Crippen LogP contribution in [0.1, 0.15) is 32.6 Å². The van der Waals surface area contributed by atoms with Crippen LogP contribution >= 0.6 is 0 Å². The molecule has 0 aromatic heterocycles. The first-order valence-electron chi connectivity index (χ1n) is 6.30. The van der Waals surface area contributed by atoms with Gasteiger partial charge in [-0.3, -0.25) is 0 Å². The summed E-state index contributed by atoms with van der Waals surface area (Å²) in [5, 5.41) is 3.84. The average molecular weight is 211 g/mol. The van der Waals surface area contributed by atoms with Crippen molar-refractivity contribution in [2.24, 2.45) is 11.7 Å². The van der Waals surface area contributed by atoms with Crippen molar-refractivity contribution in [3.63, 3.8) is 0 Å². The Morgan fingerprint density at radius 2 is 2.27 bits per heavy atom. The lowest BCUT2D eigenvalue weighted by molar-refractivity contribution is 0.282. The first-order chi connectivity index (χ1) is 7.13. The first kappa shape index (κ1) is 11.4. The fourth-order valence-corrected chi connectivity index (χ4v) is 3.19. The molecule has 0 radical (unpaired) electrons. The van der Waals surface area contributed by atoms with Crippen molar-refractivity contribution in [3.05, 3.63) is 0 Å². The van der Waals surface area contributed by atoms with Crippen LogP contribution in [0.5, 0.6) is 0 Å². The van der Waals surface area contributed by atoms with Crippen LogP contribution in [-0.2, 0) is 0 Å². The Bertz CT molecular complexity index is 219. The van der Waals surface area contributed by atoms with E-state index in [4.69, 9.17) is 5.73 Å². The predicted molar refractivity (Wildman–Crippen MR) is 63.8 cm³/mol. The summed E-state index contributed by atoms with van der Waals surface area (Å²) in [5.74, 6) is 0.899. The third-order valence-electron chi connectivity index (χ3n) is 4.14. The molecule has 1 aliphatic carbocycles. The molecule has 0 amide bonds. The van der Waals surface area contributed by atoms with Crippen molar-refractivity contribution in [2.75, 3.05) is 26.7 Å². The van der Waals surface area contributed by atoms with Gasteiger partial charge in [-0.1, -0.05) is 6.92 Å². The number of hydrogen-bond acceptors (Lipinski definition) is 3. The number of nitrogens with two attached hydrogens (primary N) is 1. The molecule has 1 saturated heterocycles. The van der Waals surface area contributed by atoms with E-state index in [9.17, 15) is 0 Å². The Hall–Kier alpha value is -0.120. The van der Waals surface area contributed by atoms with Crippen molar-refractivity contribution in [1.82, 2.24) is 10.2 Å². The zero-order chi connectivity index (χ0) is 10.9. The van der Waals surface area contributed by atoms with E-state index >= 15 is 0 Å². The van der Waals surface area contributed by atoms with Gasteiger partial charge in [-0.2, -0.15) is 0 Å². The molecular formula is C12H25N3. The van der Waals surface area contributed by atoms with E-state index in [1.54, 1.807) is 0 Å². The van der Waals surface area contributed by atoms with E-state index in [2.05, 4.69) is 24.2 Å².